The van der Waals surface area contributed by atoms with Crippen LogP contribution in [-0.4, -0.2) is 47.6 Å². The maximum Gasteiger partial charge on any atom is 0.224 e. The van der Waals surface area contributed by atoms with E-state index in [1.807, 2.05) is 4.90 Å². The van der Waals surface area contributed by atoms with Crippen molar-refractivity contribution in [3.8, 4) is 0 Å². The van der Waals surface area contributed by atoms with Crippen molar-refractivity contribution in [2.75, 3.05) is 19.6 Å². The summed E-state index contributed by atoms with van der Waals surface area (Å²) in [5.41, 5.74) is -0.0537. The van der Waals surface area contributed by atoms with Crippen LogP contribution in [0.2, 0.25) is 0 Å². The molecule has 2 amide bonds. The van der Waals surface area contributed by atoms with Crippen molar-refractivity contribution in [3.63, 3.8) is 0 Å². The van der Waals surface area contributed by atoms with Crippen molar-refractivity contribution in [2.45, 2.75) is 51.6 Å². The minimum atomic E-state index is -0.251. The topological polar surface area (TPSA) is 69.6 Å². The van der Waals surface area contributed by atoms with Gasteiger partial charge in [0, 0.05) is 38.4 Å². The summed E-state index contributed by atoms with van der Waals surface area (Å²) in [6.45, 7) is 3.33. The van der Waals surface area contributed by atoms with E-state index in [4.69, 9.17) is 0 Å². The molecule has 1 saturated carbocycles. The molecule has 1 spiro atoms. The first-order chi connectivity index (χ1) is 9.03. The van der Waals surface area contributed by atoms with Gasteiger partial charge in [-0.1, -0.05) is 6.42 Å². The molecular formula is C14H24N2O3. The van der Waals surface area contributed by atoms with Gasteiger partial charge in [0.1, 0.15) is 0 Å². The molecule has 0 aromatic carbocycles. The zero-order valence-electron chi connectivity index (χ0n) is 11.7. The molecule has 0 bridgehead atoms. The molecule has 5 heteroatoms. The minimum Gasteiger partial charge on any atom is -0.392 e. The molecular weight excluding hydrogens is 244 g/mol. The number of piperidine rings is 1. The highest BCUT2D eigenvalue weighted by atomic mass is 16.3. The monoisotopic (exact) mass is 268 g/mol. The lowest BCUT2D eigenvalue weighted by Crippen LogP contribution is -2.49. The number of hydrogen-bond donors (Lipinski definition) is 2. The predicted octanol–water partition coefficient (Wildman–Crippen LogP) is 0.666. The van der Waals surface area contributed by atoms with E-state index in [0.717, 1.165) is 38.6 Å². The summed E-state index contributed by atoms with van der Waals surface area (Å²) in [4.78, 5) is 24.8. The van der Waals surface area contributed by atoms with Crippen LogP contribution in [0.5, 0.6) is 0 Å². The molecule has 0 aromatic rings. The summed E-state index contributed by atoms with van der Waals surface area (Å²) in [7, 11) is 0. The molecule has 19 heavy (non-hydrogen) atoms. The van der Waals surface area contributed by atoms with Crippen LogP contribution in [-0.2, 0) is 9.59 Å². The Morgan fingerprint density at radius 3 is 2.74 bits per heavy atom. The highest BCUT2D eigenvalue weighted by molar-refractivity contribution is 5.78. The quantitative estimate of drug-likeness (QED) is 0.790. The van der Waals surface area contributed by atoms with E-state index >= 15 is 0 Å². The summed E-state index contributed by atoms with van der Waals surface area (Å²) in [5.74, 6) is -0.0129. The summed E-state index contributed by atoms with van der Waals surface area (Å²) in [6, 6.07) is 0. The number of carbonyl (C=O) groups excluding carboxylic acids is 2. The fraction of sp³-hybridized carbons (Fsp3) is 0.857. The molecule has 2 atom stereocenters. The molecule has 5 nitrogen and oxygen atoms in total. The van der Waals surface area contributed by atoms with Crippen LogP contribution >= 0.6 is 0 Å². The number of carbonyl (C=O) groups is 2. The zero-order chi connectivity index (χ0) is 13.9. The van der Waals surface area contributed by atoms with Crippen molar-refractivity contribution in [1.82, 2.24) is 10.2 Å². The minimum absolute atomic E-state index is 0.0537. The molecule has 2 fully saturated rings. The van der Waals surface area contributed by atoms with Gasteiger partial charge in [0.15, 0.2) is 0 Å². The summed E-state index contributed by atoms with van der Waals surface area (Å²) < 4.78 is 0. The Balaban J connectivity index is 1.86. The van der Waals surface area contributed by atoms with E-state index in [2.05, 4.69) is 5.32 Å². The van der Waals surface area contributed by atoms with Crippen molar-refractivity contribution in [1.29, 1.82) is 0 Å². The number of amides is 2. The fourth-order valence-electron chi connectivity index (χ4n) is 3.47. The molecule has 0 radical (unpaired) electrons. The van der Waals surface area contributed by atoms with Crippen molar-refractivity contribution >= 4 is 11.8 Å². The van der Waals surface area contributed by atoms with E-state index in [-0.39, 0.29) is 23.3 Å². The van der Waals surface area contributed by atoms with Gasteiger partial charge in [-0.25, -0.2) is 0 Å². The van der Waals surface area contributed by atoms with E-state index in [0.29, 0.717) is 19.5 Å². The number of aliphatic hydroxyl groups is 1. The third-order valence-corrected chi connectivity index (χ3v) is 4.53. The Kier molecular flexibility index (Phi) is 4.45. The van der Waals surface area contributed by atoms with Crippen LogP contribution < -0.4 is 5.32 Å². The molecule has 108 valence electrons. The standard InChI is InChI=1S/C14H24N2O3/c1-11(17)15-8-5-13(19)16-9-3-7-14(10-16)6-2-4-12(14)18/h12,18H,2-10H2,1H3,(H,15,17)/t12-,14+/m1/s1. The third kappa shape index (κ3) is 3.26. The van der Waals surface area contributed by atoms with E-state index in [9.17, 15) is 14.7 Å². The number of hydrogen-bond acceptors (Lipinski definition) is 3. The predicted molar refractivity (Wildman–Crippen MR) is 71.4 cm³/mol. The maximum atomic E-state index is 12.1. The van der Waals surface area contributed by atoms with Crippen LogP contribution in [0.3, 0.4) is 0 Å². The second-order valence-electron chi connectivity index (χ2n) is 5.92. The van der Waals surface area contributed by atoms with Gasteiger partial charge >= 0.3 is 0 Å². The molecule has 1 heterocycles. The smallest absolute Gasteiger partial charge is 0.224 e. The number of aliphatic hydroxyl groups excluding tert-OH is 1. The SMILES string of the molecule is CC(=O)NCCC(=O)N1CCC[C@@]2(CCC[C@H]2O)C1. The first-order valence-corrected chi connectivity index (χ1v) is 7.24. The van der Waals surface area contributed by atoms with Gasteiger partial charge in [-0.3, -0.25) is 9.59 Å². The van der Waals surface area contributed by atoms with Crippen LogP contribution in [0, 0.1) is 5.41 Å². The normalized spacial score (nSPS) is 30.6. The Morgan fingerprint density at radius 2 is 2.11 bits per heavy atom. The molecule has 1 aliphatic carbocycles. The van der Waals surface area contributed by atoms with Gasteiger partial charge in [-0.15, -0.1) is 0 Å². The van der Waals surface area contributed by atoms with Crippen LogP contribution in [0.1, 0.15) is 45.4 Å². The molecule has 2 N–H and O–H groups in total. The third-order valence-electron chi connectivity index (χ3n) is 4.53. The van der Waals surface area contributed by atoms with Crippen LogP contribution in [0.15, 0.2) is 0 Å². The molecule has 2 aliphatic rings. The highest BCUT2D eigenvalue weighted by Gasteiger charge is 2.45. The summed E-state index contributed by atoms with van der Waals surface area (Å²) in [5, 5.41) is 12.8. The number of nitrogens with zero attached hydrogens (tertiary/aromatic N) is 1. The largest absolute Gasteiger partial charge is 0.392 e. The number of rotatable bonds is 3. The van der Waals surface area contributed by atoms with E-state index in [1.165, 1.54) is 6.92 Å². The first kappa shape index (κ1) is 14.3. The number of likely N-dealkylation sites (tertiary alicyclic amines) is 1. The van der Waals surface area contributed by atoms with Crippen molar-refractivity contribution in [3.05, 3.63) is 0 Å². The van der Waals surface area contributed by atoms with E-state index in [1.54, 1.807) is 0 Å². The van der Waals surface area contributed by atoms with Gasteiger partial charge in [0.05, 0.1) is 6.10 Å². The second kappa shape index (κ2) is 5.90. The Labute approximate surface area is 114 Å². The van der Waals surface area contributed by atoms with Crippen LogP contribution in [0.4, 0.5) is 0 Å². The first-order valence-electron chi connectivity index (χ1n) is 7.24. The highest BCUT2D eigenvalue weighted by Crippen LogP contribution is 2.45. The molecule has 1 aliphatic heterocycles. The Hall–Kier alpha value is -1.10. The Bertz CT molecular complexity index is 359. The van der Waals surface area contributed by atoms with Crippen LogP contribution in [0.25, 0.3) is 0 Å². The second-order valence-corrected chi connectivity index (χ2v) is 5.92. The molecule has 1 saturated heterocycles. The molecule has 0 unspecified atom stereocenters. The number of nitrogens with one attached hydrogen (secondary N) is 1. The maximum absolute atomic E-state index is 12.1. The van der Waals surface area contributed by atoms with E-state index < -0.39 is 0 Å². The lowest BCUT2D eigenvalue weighted by molar-refractivity contribution is -0.136. The van der Waals surface area contributed by atoms with Gasteiger partial charge in [0.25, 0.3) is 0 Å². The fourth-order valence-corrected chi connectivity index (χ4v) is 3.47. The van der Waals surface area contributed by atoms with Gasteiger partial charge in [-0.2, -0.15) is 0 Å². The lowest BCUT2D eigenvalue weighted by Gasteiger charge is -2.42. The van der Waals surface area contributed by atoms with Gasteiger partial charge in [-0.05, 0) is 25.7 Å². The van der Waals surface area contributed by atoms with Crippen molar-refractivity contribution < 1.29 is 14.7 Å². The average molecular weight is 268 g/mol. The molecule has 2 rings (SSSR count). The van der Waals surface area contributed by atoms with Gasteiger partial charge < -0.3 is 15.3 Å². The summed E-state index contributed by atoms with van der Waals surface area (Å²) >= 11 is 0. The Morgan fingerprint density at radius 1 is 1.37 bits per heavy atom. The summed E-state index contributed by atoms with van der Waals surface area (Å²) in [6.07, 6.45) is 5.07. The molecule has 0 aromatic heterocycles. The van der Waals surface area contributed by atoms with Crippen molar-refractivity contribution in [2.24, 2.45) is 5.41 Å². The average Bonchev–Trinajstić information content (AvgIpc) is 2.70. The lowest BCUT2D eigenvalue weighted by atomic mass is 9.76. The van der Waals surface area contributed by atoms with Gasteiger partial charge in [0.2, 0.25) is 11.8 Å². The zero-order valence-corrected chi connectivity index (χ0v) is 11.7.